The predicted molar refractivity (Wildman–Crippen MR) is 64.7 cm³/mol. The number of nitrogens with zero attached hydrogens (tertiary/aromatic N) is 3. The van der Waals surface area contributed by atoms with Crippen molar-refractivity contribution in [2.24, 2.45) is 0 Å². The van der Waals surface area contributed by atoms with E-state index in [1.165, 1.54) is 18.0 Å². The number of carbonyl (C=O) groups is 1. The van der Waals surface area contributed by atoms with Crippen molar-refractivity contribution in [3.63, 3.8) is 0 Å². The van der Waals surface area contributed by atoms with Crippen molar-refractivity contribution < 1.29 is 14.6 Å². The Hall–Kier alpha value is -2.08. The Kier molecular flexibility index (Phi) is 3.47. The van der Waals surface area contributed by atoms with Gasteiger partial charge in [0.1, 0.15) is 18.0 Å². The van der Waals surface area contributed by atoms with E-state index in [-0.39, 0.29) is 6.54 Å². The molecule has 0 amide bonds. The monoisotopic (exact) mass is 267 g/mol. The summed E-state index contributed by atoms with van der Waals surface area (Å²) in [5, 5.41) is 16.8. The number of methoxy groups -OCH3 is 1. The van der Waals surface area contributed by atoms with Crippen LogP contribution in [0, 0.1) is 0 Å². The van der Waals surface area contributed by atoms with Crippen molar-refractivity contribution in [2.75, 3.05) is 7.11 Å². The molecule has 1 heterocycles. The Bertz CT molecular complexity index is 583. The summed E-state index contributed by atoms with van der Waals surface area (Å²) < 4.78 is 6.43. The summed E-state index contributed by atoms with van der Waals surface area (Å²) in [4.78, 5) is 10.6. The lowest BCUT2D eigenvalue weighted by Gasteiger charge is -2.05. The number of aliphatic carboxylic acids is 1. The smallest absolute Gasteiger partial charge is 0.325 e. The molecule has 0 unspecified atom stereocenters. The third-order valence-electron chi connectivity index (χ3n) is 2.27. The van der Waals surface area contributed by atoms with Gasteiger partial charge in [-0.05, 0) is 18.2 Å². The molecule has 94 valence electrons. The first kappa shape index (κ1) is 12.4. The largest absolute Gasteiger partial charge is 0.496 e. The van der Waals surface area contributed by atoms with Crippen LogP contribution in [0.5, 0.6) is 5.75 Å². The van der Waals surface area contributed by atoms with Crippen LogP contribution in [0.15, 0.2) is 24.4 Å². The molecule has 0 fully saturated rings. The summed E-state index contributed by atoms with van der Waals surface area (Å²) >= 11 is 5.91. The Balaban J connectivity index is 2.38. The van der Waals surface area contributed by atoms with Crippen LogP contribution in [0.3, 0.4) is 0 Å². The molecule has 0 atom stereocenters. The number of carboxylic acids is 1. The molecule has 0 bridgehead atoms. The third-order valence-corrected chi connectivity index (χ3v) is 2.51. The Labute approximate surface area is 108 Å². The van der Waals surface area contributed by atoms with E-state index < -0.39 is 5.97 Å². The van der Waals surface area contributed by atoms with Crippen LogP contribution in [-0.2, 0) is 11.3 Å². The van der Waals surface area contributed by atoms with E-state index in [1.807, 2.05) is 0 Å². The van der Waals surface area contributed by atoms with E-state index in [4.69, 9.17) is 21.4 Å². The normalized spacial score (nSPS) is 10.3. The molecule has 7 heteroatoms. The van der Waals surface area contributed by atoms with Crippen LogP contribution in [0.4, 0.5) is 0 Å². The number of ether oxygens (including phenoxy) is 1. The number of halogens is 1. The lowest BCUT2D eigenvalue weighted by Crippen LogP contribution is -2.08. The first-order valence-corrected chi connectivity index (χ1v) is 5.44. The Morgan fingerprint density at radius 3 is 3.00 bits per heavy atom. The number of hydrogen-bond donors (Lipinski definition) is 1. The molecule has 0 aliphatic rings. The van der Waals surface area contributed by atoms with Gasteiger partial charge in [-0.25, -0.2) is 4.68 Å². The summed E-state index contributed by atoms with van der Waals surface area (Å²) in [6.45, 7) is -0.240. The molecule has 1 N–H and O–H groups in total. The van der Waals surface area contributed by atoms with Gasteiger partial charge in [0.05, 0.1) is 13.3 Å². The number of rotatable bonds is 4. The fraction of sp³-hybridized carbons (Fsp3) is 0.182. The van der Waals surface area contributed by atoms with E-state index in [9.17, 15) is 4.79 Å². The van der Waals surface area contributed by atoms with E-state index in [1.54, 1.807) is 18.2 Å². The SMILES string of the molecule is COc1ccc(Cl)cc1-c1cn(CC(=O)O)nn1. The van der Waals surface area contributed by atoms with E-state index >= 15 is 0 Å². The van der Waals surface area contributed by atoms with Gasteiger partial charge in [-0.1, -0.05) is 16.8 Å². The molecule has 2 rings (SSSR count). The molecule has 1 aromatic heterocycles. The molecule has 1 aromatic carbocycles. The molecule has 0 saturated carbocycles. The van der Waals surface area contributed by atoms with Crippen LogP contribution in [-0.4, -0.2) is 33.2 Å². The molecule has 0 aliphatic heterocycles. The summed E-state index contributed by atoms with van der Waals surface area (Å²) in [6, 6.07) is 5.11. The molecule has 18 heavy (non-hydrogen) atoms. The van der Waals surface area contributed by atoms with Crippen LogP contribution in [0.2, 0.25) is 5.02 Å². The Morgan fingerprint density at radius 2 is 2.33 bits per heavy atom. The fourth-order valence-electron chi connectivity index (χ4n) is 1.52. The first-order valence-electron chi connectivity index (χ1n) is 5.06. The van der Waals surface area contributed by atoms with Crippen molar-refractivity contribution in [1.29, 1.82) is 0 Å². The minimum absolute atomic E-state index is 0.240. The zero-order chi connectivity index (χ0) is 13.1. The molecule has 0 radical (unpaired) electrons. The second kappa shape index (κ2) is 5.05. The maximum Gasteiger partial charge on any atom is 0.325 e. The number of benzene rings is 1. The van der Waals surface area contributed by atoms with Crippen molar-refractivity contribution in [3.8, 4) is 17.0 Å². The second-order valence-corrected chi connectivity index (χ2v) is 3.98. The average Bonchev–Trinajstić information content (AvgIpc) is 2.76. The van der Waals surface area contributed by atoms with Gasteiger partial charge < -0.3 is 9.84 Å². The molecule has 6 nitrogen and oxygen atoms in total. The van der Waals surface area contributed by atoms with Gasteiger partial charge in [0.15, 0.2) is 0 Å². The van der Waals surface area contributed by atoms with Crippen LogP contribution >= 0.6 is 11.6 Å². The topological polar surface area (TPSA) is 77.2 Å². The first-order chi connectivity index (χ1) is 8.60. The van der Waals surface area contributed by atoms with Gasteiger partial charge in [-0.3, -0.25) is 4.79 Å². The van der Waals surface area contributed by atoms with Gasteiger partial charge in [0.25, 0.3) is 0 Å². The Morgan fingerprint density at radius 1 is 1.56 bits per heavy atom. The molecule has 2 aromatic rings. The highest BCUT2D eigenvalue weighted by atomic mass is 35.5. The van der Waals surface area contributed by atoms with Gasteiger partial charge >= 0.3 is 5.97 Å². The van der Waals surface area contributed by atoms with E-state index in [0.717, 1.165) is 0 Å². The number of hydrogen-bond acceptors (Lipinski definition) is 4. The number of aromatic nitrogens is 3. The zero-order valence-electron chi connectivity index (χ0n) is 9.50. The van der Waals surface area contributed by atoms with Crippen LogP contribution < -0.4 is 4.74 Å². The highest BCUT2D eigenvalue weighted by Crippen LogP contribution is 2.30. The van der Waals surface area contributed by atoms with Crippen molar-refractivity contribution in [3.05, 3.63) is 29.4 Å². The molecular formula is C11H10ClN3O3. The maximum atomic E-state index is 10.6. The van der Waals surface area contributed by atoms with Crippen LogP contribution in [0.1, 0.15) is 0 Å². The average molecular weight is 268 g/mol. The standard InChI is InChI=1S/C11H10ClN3O3/c1-18-10-3-2-7(12)4-8(10)9-5-15(14-13-9)6-11(16)17/h2-5H,6H2,1H3,(H,16,17). The van der Waals surface area contributed by atoms with Crippen LogP contribution in [0.25, 0.3) is 11.3 Å². The van der Waals surface area contributed by atoms with E-state index in [2.05, 4.69) is 10.3 Å². The fourth-order valence-corrected chi connectivity index (χ4v) is 1.69. The van der Waals surface area contributed by atoms with E-state index in [0.29, 0.717) is 22.0 Å². The molecule has 0 aliphatic carbocycles. The van der Waals surface area contributed by atoms with Gasteiger partial charge in [-0.2, -0.15) is 0 Å². The minimum atomic E-state index is -0.982. The lowest BCUT2D eigenvalue weighted by atomic mass is 10.1. The third kappa shape index (κ3) is 2.60. The summed E-state index contributed by atoms with van der Waals surface area (Å²) in [7, 11) is 1.54. The summed E-state index contributed by atoms with van der Waals surface area (Å²) in [5.74, 6) is -0.383. The van der Waals surface area contributed by atoms with Crippen molar-refractivity contribution >= 4 is 17.6 Å². The van der Waals surface area contributed by atoms with Gasteiger partial charge in [-0.15, -0.1) is 5.10 Å². The molecular weight excluding hydrogens is 258 g/mol. The lowest BCUT2D eigenvalue weighted by molar-refractivity contribution is -0.137. The second-order valence-electron chi connectivity index (χ2n) is 3.54. The highest BCUT2D eigenvalue weighted by Gasteiger charge is 2.11. The summed E-state index contributed by atoms with van der Waals surface area (Å²) in [6.07, 6.45) is 1.53. The van der Waals surface area contributed by atoms with Gasteiger partial charge in [0.2, 0.25) is 0 Å². The van der Waals surface area contributed by atoms with Gasteiger partial charge in [0, 0.05) is 10.6 Å². The maximum absolute atomic E-state index is 10.6. The molecule has 0 saturated heterocycles. The quantitative estimate of drug-likeness (QED) is 0.912. The molecule has 0 spiro atoms. The zero-order valence-corrected chi connectivity index (χ0v) is 10.3. The highest BCUT2D eigenvalue weighted by molar-refractivity contribution is 6.30. The predicted octanol–water partition coefficient (Wildman–Crippen LogP) is 1.69. The number of carboxylic acid groups (broad SMARTS) is 1. The van der Waals surface area contributed by atoms with Crippen molar-refractivity contribution in [2.45, 2.75) is 6.54 Å². The summed E-state index contributed by atoms with van der Waals surface area (Å²) in [5.41, 5.74) is 1.18. The van der Waals surface area contributed by atoms with Crippen molar-refractivity contribution in [1.82, 2.24) is 15.0 Å². The minimum Gasteiger partial charge on any atom is -0.496 e.